The number of aldehydes is 1. The van der Waals surface area contributed by atoms with Crippen molar-refractivity contribution in [3.63, 3.8) is 0 Å². The number of hydrogen-bond donors (Lipinski definition) is 1. The smallest absolute Gasteiger partial charge is 0.131 e. The summed E-state index contributed by atoms with van der Waals surface area (Å²) in [6.07, 6.45) is 2.80. The van der Waals surface area contributed by atoms with Crippen molar-refractivity contribution in [2.45, 2.75) is 6.42 Å². The van der Waals surface area contributed by atoms with E-state index in [2.05, 4.69) is 22.0 Å². The number of nitrogens with one attached hydrogen (secondary N) is 1. The van der Waals surface area contributed by atoms with Crippen LogP contribution in [0.3, 0.4) is 0 Å². The molecule has 0 radical (unpaired) electrons. The van der Waals surface area contributed by atoms with Gasteiger partial charge in [0.25, 0.3) is 0 Å². The number of carbonyl (C=O) groups excluding carboxylic acids is 1. The molecule has 0 aliphatic heterocycles. The summed E-state index contributed by atoms with van der Waals surface area (Å²) in [5, 5.41) is 7.78. The Bertz CT molecular complexity index is 517. The van der Waals surface area contributed by atoms with Crippen LogP contribution in [0.1, 0.15) is 12.0 Å². The van der Waals surface area contributed by atoms with E-state index >= 15 is 0 Å². The maximum Gasteiger partial charge on any atom is 0.131 e. The minimum absolute atomic E-state index is 0.272. The van der Waals surface area contributed by atoms with E-state index in [-0.39, 0.29) is 6.42 Å². The summed E-state index contributed by atoms with van der Waals surface area (Å²) in [6.45, 7) is 0. The third kappa shape index (κ3) is 1.50. The first-order chi connectivity index (χ1) is 6.92. The molecule has 0 saturated heterocycles. The van der Waals surface area contributed by atoms with Crippen LogP contribution in [-0.4, -0.2) is 16.5 Å². The monoisotopic (exact) mass is 184 g/mol. The zero-order valence-corrected chi connectivity index (χ0v) is 7.45. The highest BCUT2D eigenvalue weighted by Crippen LogP contribution is 2.14. The predicted octanol–water partition coefficient (Wildman–Crippen LogP) is 1.50. The fourth-order valence-electron chi connectivity index (χ4n) is 1.27. The van der Waals surface area contributed by atoms with Gasteiger partial charge in [0.2, 0.25) is 0 Å². The quantitative estimate of drug-likeness (QED) is 0.539. The SMILES string of the molecule is O=CCC#Cc1cccc2[nH]ncc12. The van der Waals surface area contributed by atoms with Crippen molar-refractivity contribution in [1.29, 1.82) is 0 Å². The molecule has 0 atom stereocenters. The van der Waals surface area contributed by atoms with Crippen LogP contribution >= 0.6 is 0 Å². The van der Waals surface area contributed by atoms with Gasteiger partial charge in [0.15, 0.2) is 0 Å². The van der Waals surface area contributed by atoms with E-state index < -0.39 is 0 Å². The highest BCUT2D eigenvalue weighted by atomic mass is 16.1. The van der Waals surface area contributed by atoms with Crippen LogP contribution in [0.15, 0.2) is 24.4 Å². The van der Waals surface area contributed by atoms with E-state index in [4.69, 9.17) is 0 Å². The molecular weight excluding hydrogens is 176 g/mol. The minimum atomic E-state index is 0.272. The van der Waals surface area contributed by atoms with Crippen LogP contribution in [0, 0.1) is 11.8 Å². The summed E-state index contributed by atoms with van der Waals surface area (Å²) in [5.41, 5.74) is 1.86. The summed E-state index contributed by atoms with van der Waals surface area (Å²) >= 11 is 0. The molecule has 1 heterocycles. The Morgan fingerprint density at radius 2 is 2.43 bits per heavy atom. The molecule has 2 aromatic rings. The molecule has 0 aliphatic carbocycles. The maximum atomic E-state index is 10.1. The van der Waals surface area contributed by atoms with Gasteiger partial charge < -0.3 is 4.79 Å². The molecule has 0 aliphatic rings. The molecule has 0 saturated carbocycles. The van der Waals surface area contributed by atoms with Crippen molar-refractivity contribution in [1.82, 2.24) is 10.2 Å². The van der Waals surface area contributed by atoms with Crippen molar-refractivity contribution in [3.05, 3.63) is 30.0 Å². The lowest BCUT2D eigenvalue weighted by atomic mass is 10.1. The van der Waals surface area contributed by atoms with Gasteiger partial charge in [-0.25, -0.2) is 0 Å². The van der Waals surface area contributed by atoms with E-state index in [9.17, 15) is 4.79 Å². The molecule has 0 amide bonds. The average molecular weight is 184 g/mol. The van der Waals surface area contributed by atoms with Crippen molar-refractivity contribution in [2.75, 3.05) is 0 Å². The van der Waals surface area contributed by atoms with Crippen molar-refractivity contribution < 1.29 is 4.79 Å². The lowest BCUT2D eigenvalue weighted by molar-refractivity contribution is -0.107. The summed E-state index contributed by atoms with van der Waals surface area (Å²) in [5.74, 6) is 5.71. The Balaban J connectivity index is 2.47. The lowest BCUT2D eigenvalue weighted by Gasteiger charge is -1.91. The van der Waals surface area contributed by atoms with Crippen LogP contribution in [0.2, 0.25) is 0 Å². The van der Waals surface area contributed by atoms with Gasteiger partial charge >= 0.3 is 0 Å². The van der Waals surface area contributed by atoms with Gasteiger partial charge in [-0.2, -0.15) is 5.10 Å². The number of benzene rings is 1. The van der Waals surface area contributed by atoms with Crippen LogP contribution < -0.4 is 0 Å². The second kappa shape index (κ2) is 3.75. The molecule has 3 nitrogen and oxygen atoms in total. The highest BCUT2D eigenvalue weighted by molar-refractivity contribution is 5.84. The molecule has 0 unspecified atom stereocenters. The Kier molecular flexibility index (Phi) is 2.28. The van der Waals surface area contributed by atoms with E-state index in [1.54, 1.807) is 6.20 Å². The van der Waals surface area contributed by atoms with Gasteiger partial charge in [-0.3, -0.25) is 5.10 Å². The van der Waals surface area contributed by atoms with Gasteiger partial charge in [0.05, 0.1) is 18.1 Å². The zero-order valence-electron chi connectivity index (χ0n) is 7.45. The number of rotatable bonds is 1. The molecular formula is C11H8N2O. The third-order valence-corrected chi connectivity index (χ3v) is 1.89. The van der Waals surface area contributed by atoms with Crippen LogP contribution in [0.4, 0.5) is 0 Å². The summed E-state index contributed by atoms with van der Waals surface area (Å²) < 4.78 is 0. The second-order valence-electron chi connectivity index (χ2n) is 2.81. The number of H-pyrrole nitrogens is 1. The Labute approximate surface area is 81.1 Å². The van der Waals surface area contributed by atoms with Crippen molar-refractivity contribution in [2.24, 2.45) is 0 Å². The zero-order chi connectivity index (χ0) is 9.80. The summed E-state index contributed by atoms with van der Waals surface area (Å²) in [6, 6.07) is 5.76. The Morgan fingerprint density at radius 1 is 1.50 bits per heavy atom. The molecule has 0 fully saturated rings. The van der Waals surface area contributed by atoms with E-state index in [0.29, 0.717) is 0 Å². The molecule has 68 valence electrons. The topological polar surface area (TPSA) is 45.8 Å². The predicted molar refractivity (Wildman–Crippen MR) is 53.7 cm³/mol. The molecule has 3 heteroatoms. The number of nitrogens with zero attached hydrogens (tertiary/aromatic N) is 1. The van der Waals surface area contributed by atoms with Crippen LogP contribution in [-0.2, 0) is 4.79 Å². The van der Waals surface area contributed by atoms with Crippen molar-refractivity contribution in [3.8, 4) is 11.8 Å². The maximum absolute atomic E-state index is 10.1. The number of fused-ring (bicyclic) bond motifs is 1. The van der Waals surface area contributed by atoms with Gasteiger partial charge in [-0.15, -0.1) is 0 Å². The lowest BCUT2D eigenvalue weighted by Crippen LogP contribution is -1.76. The van der Waals surface area contributed by atoms with Crippen LogP contribution in [0.5, 0.6) is 0 Å². The van der Waals surface area contributed by atoms with Gasteiger partial charge in [-0.05, 0) is 12.1 Å². The number of hydrogen-bond acceptors (Lipinski definition) is 2. The van der Waals surface area contributed by atoms with Crippen molar-refractivity contribution >= 4 is 17.2 Å². The number of aromatic amines is 1. The fraction of sp³-hybridized carbons (Fsp3) is 0.0909. The Hall–Kier alpha value is -2.08. The fourth-order valence-corrected chi connectivity index (χ4v) is 1.27. The minimum Gasteiger partial charge on any atom is -0.302 e. The van der Waals surface area contributed by atoms with Gasteiger partial charge in [0, 0.05) is 10.9 Å². The van der Waals surface area contributed by atoms with E-state index in [1.165, 1.54) is 0 Å². The standard InChI is InChI=1S/C11H8N2O/c14-7-2-1-4-9-5-3-6-11-10(9)8-12-13-11/h3,5-8H,2H2,(H,12,13). The first-order valence-corrected chi connectivity index (χ1v) is 4.26. The average Bonchev–Trinajstić information content (AvgIpc) is 2.67. The first-order valence-electron chi connectivity index (χ1n) is 4.26. The van der Waals surface area contributed by atoms with Crippen LogP contribution in [0.25, 0.3) is 10.9 Å². The van der Waals surface area contributed by atoms with Gasteiger partial charge in [0.1, 0.15) is 6.29 Å². The van der Waals surface area contributed by atoms with Gasteiger partial charge in [-0.1, -0.05) is 17.9 Å². The summed E-state index contributed by atoms with van der Waals surface area (Å²) in [7, 11) is 0. The van der Waals surface area contributed by atoms with E-state index in [1.807, 2.05) is 18.2 Å². The summed E-state index contributed by atoms with van der Waals surface area (Å²) in [4.78, 5) is 10.1. The first kappa shape index (κ1) is 8.52. The normalized spacial score (nSPS) is 9.43. The molecule has 0 bridgehead atoms. The second-order valence-corrected chi connectivity index (χ2v) is 2.81. The third-order valence-electron chi connectivity index (χ3n) is 1.89. The molecule has 1 N–H and O–H groups in total. The molecule has 1 aromatic heterocycles. The number of carbonyl (C=O) groups is 1. The molecule has 14 heavy (non-hydrogen) atoms. The molecule has 2 rings (SSSR count). The Morgan fingerprint density at radius 3 is 3.29 bits per heavy atom. The molecule has 1 aromatic carbocycles. The van der Waals surface area contributed by atoms with E-state index in [0.717, 1.165) is 22.8 Å². The molecule has 0 spiro atoms. The number of aromatic nitrogens is 2. The highest BCUT2D eigenvalue weighted by Gasteiger charge is 1.98. The largest absolute Gasteiger partial charge is 0.302 e.